The van der Waals surface area contributed by atoms with Gasteiger partial charge in [0.05, 0.1) is 24.6 Å². The van der Waals surface area contributed by atoms with Gasteiger partial charge in [-0.05, 0) is 46.6 Å². The van der Waals surface area contributed by atoms with Crippen molar-refractivity contribution in [3.63, 3.8) is 0 Å². The molecule has 1 spiro atoms. The number of nitrogens with zero attached hydrogens (tertiary/aromatic N) is 1. The first kappa shape index (κ1) is 19.7. The molecule has 2 aromatic carbocycles. The molecule has 9 heteroatoms. The molecule has 0 saturated carbocycles. The summed E-state index contributed by atoms with van der Waals surface area (Å²) in [6, 6.07) is 9.07. The summed E-state index contributed by atoms with van der Waals surface area (Å²) in [6.45, 7) is 1.86. The van der Waals surface area contributed by atoms with Crippen LogP contribution >= 0.6 is 15.9 Å². The lowest BCUT2D eigenvalue weighted by atomic mass is 9.78. The zero-order valence-corrected chi connectivity index (χ0v) is 17.6. The highest BCUT2D eigenvalue weighted by atomic mass is 79.9. The topological polar surface area (TPSA) is 103 Å². The van der Waals surface area contributed by atoms with E-state index in [-0.39, 0.29) is 11.0 Å². The van der Waals surface area contributed by atoms with Gasteiger partial charge in [-0.15, -0.1) is 0 Å². The average molecular weight is 462 g/mol. The Kier molecular flexibility index (Phi) is 4.74. The predicted octanol–water partition coefficient (Wildman–Crippen LogP) is 3.03. The van der Waals surface area contributed by atoms with Crippen molar-refractivity contribution in [2.45, 2.75) is 30.5 Å². The van der Waals surface area contributed by atoms with Gasteiger partial charge in [-0.2, -0.15) is 0 Å². The molecule has 2 aromatic rings. The monoisotopic (exact) mass is 461 g/mol. The minimum Gasteiger partial charge on any atom is -0.493 e. The molecule has 8 nitrogen and oxygen atoms in total. The zero-order valence-electron chi connectivity index (χ0n) is 16.1. The number of carbonyl (C=O) groups excluding carboxylic acids is 1. The van der Waals surface area contributed by atoms with Crippen molar-refractivity contribution in [3.05, 3.63) is 62.1 Å². The van der Waals surface area contributed by atoms with Crippen LogP contribution in [0.15, 0.2) is 40.9 Å². The maximum absolute atomic E-state index is 13.1. The molecule has 0 aliphatic carbocycles. The van der Waals surface area contributed by atoms with E-state index in [1.165, 1.54) is 14.2 Å². The SMILES string of the molecule is COc1cc([C@@H]2[C@H](C)N[C@@]3(C(=O)Nc4ccccc43)[C@H]2[N+](=O)[O-])cc(Br)c1OC. The number of hydrogen-bond acceptors (Lipinski definition) is 6. The third kappa shape index (κ3) is 2.71. The number of para-hydroxylation sites is 1. The maximum Gasteiger partial charge on any atom is 0.256 e. The van der Waals surface area contributed by atoms with Gasteiger partial charge in [-0.3, -0.25) is 20.2 Å². The molecule has 4 atom stereocenters. The zero-order chi connectivity index (χ0) is 20.9. The standard InChI is InChI=1S/C20H20BrN3O5/c1-10-16(11-8-13(21)17(29-3)15(9-11)28-2)18(24(26)27)20(23-10)12-6-4-5-7-14(12)22-19(20)25/h4-10,16,18,23H,1-3H3,(H,22,25)/t10-,16-,18-,20+/m0/s1. The van der Waals surface area contributed by atoms with E-state index >= 15 is 0 Å². The molecule has 29 heavy (non-hydrogen) atoms. The van der Waals surface area contributed by atoms with Crippen LogP contribution in [0.3, 0.4) is 0 Å². The molecule has 1 amide bonds. The number of benzene rings is 2. The Morgan fingerprint density at radius 1 is 1.21 bits per heavy atom. The van der Waals surface area contributed by atoms with Gasteiger partial charge in [0.15, 0.2) is 17.0 Å². The number of nitrogens with one attached hydrogen (secondary N) is 2. The quantitative estimate of drug-likeness (QED) is 0.535. The van der Waals surface area contributed by atoms with Crippen molar-refractivity contribution in [2.24, 2.45) is 0 Å². The van der Waals surface area contributed by atoms with E-state index in [0.29, 0.717) is 32.8 Å². The molecule has 2 aliphatic rings. The highest BCUT2D eigenvalue weighted by Crippen LogP contribution is 2.51. The number of anilines is 1. The van der Waals surface area contributed by atoms with Gasteiger partial charge in [-0.1, -0.05) is 18.2 Å². The van der Waals surface area contributed by atoms with E-state index < -0.39 is 23.4 Å². The van der Waals surface area contributed by atoms with Crippen LogP contribution in [0.5, 0.6) is 11.5 Å². The predicted molar refractivity (Wildman–Crippen MR) is 110 cm³/mol. The Labute approximate surface area is 175 Å². The van der Waals surface area contributed by atoms with Gasteiger partial charge in [-0.25, -0.2) is 0 Å². The fraction of sp³-hybridized carbons (Fsp3) is 0.350. The van der Waals surface area contributed by atoms with Crippen LogP contribution in [0.25, 0.3) is 0 Å². The van der Waals surface area contributed by atoms with E-state index in [1.807, 2.05) is 6.92 Å². The van der Waals surface area contributed by atoms with Crippen LogP contribution in [0.2, 0.25) is 0 Å². The molecule has 2 N–H and O–H groups in total. The van der Waals surface area contributed by atoms with Gasteiger partial charge in [0, 0.05) is 22.2 Å². The fourth-order valence-electron chi connectivity index (χ4n) is 4.68. The van der Waals surface area contributed by atoms with Crippen LogP contribution in [0.1, 0.15) is 24.0 Å². The van der Waals surface area contributed by atoms with Crippen LogP contribution < -0.4 is 20.1 Å². The molecule has 2 aliphatic heterocycles. The highest BCUT2D eigenvalue weighted by molar-refractivity contribution is 9.10. The van der Waals surface area contributed by atoms with Crippen molar-refractivity contribution < 1.29 is 19.2 Å². The Bertz CT molecular complexity index is 1010. The number of hydrogen-bond donors (Lipinski definition) is 2. The van der Waals surface area contributed by atoms with E-state index in [9.17, 15) is 14.9 Å². The number of methoxy groups -OCH3 is 2. The Hall–Kier alpha value is -2.65. The second-order valence-electron chi connectivity index (χ2n) is 7.23. The van der Waals surface area contributed by atoms with Gasteiger partial charge in [0.25, 0.3) is 11.9 Å². The summed E-state index contributed by atoms with van der Waals surface area (Å²) in [5.41, 5.74) is 0.438. The maximum atomic E-state index is 13.1. The molecule has 2 heterocycles. The smallest absolute Gasteiger partial charge is 0.256 e. The van der Waals surface area contributed by atoms with Gasteiger partial charge in [0.2, 0.25) is 0 Å². The number of ether oxygens (including phenoxy) is 2. The summed E-state index contributed by atoms with van der Waals surface area (Å²) in [5, 5.41) is 18.4. The second-order valence-corrected chi connectivity index (χ2v) is 8.09. The Morgan fingerprint density at radius 3 is 2.59 bits per heavy atom. The Morgan fingerprint density at radius 2 is 1.93 bits per heavy atom. The lowest BCUT2D eigenvalue weighted by Crippen LogP contribution is -2.54. The summed E-state index contributed by atoms with van der Waals surface area (Å²) in [6.07, 6.45) is 0. The third-order valence-electron chi connectivity index (χ3n) is 5.80. The first-order valence-corrected chi connectivity index (χ1v) is 9.88. The highest BCUT2D eigenvalue weighted by Gasteiger charge is 2.67. The van der Waals surface area contributed by atoms with E-state index in [2.05, 4.69) is 26.6 Å². The molecular formula is C20H20BrN3O5. The van der Waals surface area contributed by atoms with E-state index in [4.69, 9.17) is 9.47 Å². The summed E-state index contributed by atoms with van der Waals surface area (Å²) < 4.78 is 11.4. The van der Waals surface area contributed by atoms with Gasteiger partial charge < -0.3 is 14.8 Å². The molecule has 152 valence electrons. The first-order chi connectivity index (χ1) is 13.8. The van der Waals surface area contributed by atoms with Crippen molar-refractivity contribution >= 4 is 27.5 Å². The fourth-order valence-corrected chi connectivity index (χ4v) is 5.31. The minimum absolute atomic E-state index is 0.340. The van der Waals surface area contributed by atoms with Crippen LogP contribution in [-0.2, 0) is 10.3 Å². The summed E-state index contributed by atoms with van der Waals surface area (Å²) >= 11 is 3.46. The first-order valence-electron chi connectivity index (χ1n) is 9.08. The molecule has 4 rings (SSSR count). The molecule has 0 bridgehead atoms. The van der Waals surface area contributed by atoms with Crippen LogP contribution in [0, 0.1) is 10.1 Å². The second kappa shape index (κ2) is 7.00. The lowest BCUT2D eigenvalue weighted by molar-refractivity contribution is -0.532. The van der Waals surface area contributed by atoms with Crippen molar-refractivity contribution in [3.8, 4) is 11.5 Å². The average Bonchev–Trinajstić information content (AvgIpc) is 3.15. The van der Waals surface area contributed by atoms with Crippen molar-refractivity contribution in [1.82, 2.24) is 5.32 Å². The number of nitro groups is 1. The van der Waals surface area contributed by atoms with Crippen LogP contribution in [-0.4, -0.2) is 37.1 Å². The number of fused-ring (bicyclic) bond motifs is 2. The number of carbonyl (C=O) groups is 1. The van der Waals surface area contributed by atoms with Gasteiger partial charge in [0.1, 0.15) is 0 Å². The van der Waals surface area contributed by atoms with E-state index in [1.54, 1.807) is 36.4 Å². The molecule has 0 radical (unpaired) electrons. The molecular weight excluding hydrogens is 442 g/mol. The largest absolute Gasteiger partial charge is 0.493 e. The van der Waals surface area contributed by atoms with Crippen LogP contribution in [0.4, 0.5) is 5.69 Å². The van der Waals surface area contributed by atoms with E-state index in [0.717, 1.165) is 0 Å². The van der Waals surface area contributed by atoms with Crippen molar-refractivity contribution in [2.75, 3.05) is 19.5 Å². The minimum atomic E-state index is -1.44. The van der Waals surface area contributed by atoms with Gasteiger partial charge >= 0.3 is 0 Å². The molecule has 0 aromatic heterocycles. The molecule has 0 unspecified atom stereocenters. The molecule has 1 fully saturated rings. The summed E-state index contributed by atoms with van der Waals surface area (Å²) in [7, 11) is 3.04. The summed E-state index contributed by atoms with van der Waals surface area (Å²) in [4.78, 5) is 25.0. The third-order valence-corrected chi connectivity index (χ3v) is 6.39. The number of halogens is 1. The molecule has 1 saturated heterocycles. The number of amides is 1. The lowest BCUT2D eigenvalue weighted by Gasteiger charge is -2.25. The summed E-state index contributed by atoms with van der Waals surface area (Å²) in [5.74, 6) is -0.0121. The normalized spacial score (nSPS) is 27.6. The Balaban J connectivity index is 1.90. The van der Waals surface area contributed by atoms with Crippen molar-refractivity contribution in [1.29, 1.82) is 0 Å². The number of rotatable bonds is 4.